The van der Waals surface area contributed by atoms with E-state index in [1.807, 2.05) is 0 Å². The van der Waals surface area contributed by atoms with Gasteiger partial charge in [0.15, 0.2) is 0 Å². The number of rotatable bonds is 4. The molecule has 0 aromatic carbocycles. The van der Waals surface area contributed by atoms with Gasteiger partial charge >= 0.3 is 0 Å². The number of tetrazole rings is 1. The predicted molar refractivity (Wildman–Crippen MR) is 77.5 cm³/mol. The Balaban J connectivity index is 2.12. The van der Waals surface area contributed by atoms with Crippen LogP contribution in [-0.2, 0) is 13.5 Å². The molecule has 8 nitrogen and oxygen atoms in total. The lowest BCUT2D eigenvalue weighted by Crippen LogP contribution is -2.10. The molecule has 3 rings (SSSR count). The summed E-state index contributed by atoms with van der Waals surface area (Å²) in [6.45, 7) is 2.11. The molecule has 0 aliphatic carbocycles. The third kappa shape index (κ3) is 2.32. The Morgan fingerprint density at radius 1 is 1.45 bits per heavy atom. The second-order valence-corrected chi connectivity index (χ2v) is 6.04. The topological polar surface area (TPSA) is 107 Å². The lowest BCUT2D eigenvalue weighted by atomic mass is 10.3. The van der Waals surface area contributed by atoms with E-state index in [0.29, 0.717) is 11.1 Å². The number of hydrogen-bond donors (Lipinski definition) is 2. The van der Waals surface area contributed by atoms with Crippen LogP contribution in [0.15, 0.2) is 16.2 Å². The van der Waals surface area contributed by atoms with Crippen LogP contribution < -0.4 is 11.3 Å². The lowest BCUT2D eigenvalue weighted by Gasteiger charge is -2.03. The van der Waals surface area contributed by atoms with Gasteiger partial charge in [0, 0.05) is 17.3 Å². The molecule has 20 heavy (non-hydrogen) atoms. The summed E-state index contributed by atoms with van der Waals surface area (Å²) < 4.78 is 1.60. The molecule has 104 valence electrons. The quantitative estimate of drug-likeness (QED) is 0.421. The maximum Gasteiger partial charge on any atom is 0.239 e. The van der Waals surface area contributed by atoms with Crippen molar-refractivity contribution in [2.45, 2.75) is 23.5 Å². The zero-order chi connectivity index (χ0) is 14.1. The molecule has 3 heterocycles. The first-order valence-electron chi connectivity index (χ1n) is 5.88. The Labute approximate surface area is 122 Å². The first kappa shape index (κ1) is 13.2. The largest absolute Gasteiger partial charge is 0.292 e. The molecular weight excluding hydrogens is 296 g/mol. The number of hydrogen-bond acceptors (Lipinski definition) is 9. The molecule has 0 unspecified atom stereocenters. The van der Waals surface area contributed by atoms with Crippen LogP contribution in [0.3, 0.4) is 0 Å². The molecule has 0 atom stereocenters. The Morgan fingerprint density at radius 3 is 2.95 bits per heavy atom. The number of hydrazine groups is 1. The molecule has 10 heteroatoms. The molecule has 0 aliphatic rings. The maximum absolute atomic E-state index is 5.43. The molecule has 0 bridgehead atoms. The predicted octanol–water partition coefficient (Wildman–Crippen LogP) is 1.21. The zero-order valence-corrected chi connectivity index (χ0v) is 12.5. The molecule has 0 radical (unpaired) electrons. The van der Waals surface area contributed by atoms with Gasteiger partial charge in [-0.2, -0.15) is 0 Å². The number of nitrogens with two attached hydrogens (primary N) is 1. The van der Waals surface area contributed by atoms with Gasteiger partial charge in [-0.15, -0.1) is 16.4 Å². The fourth-order valence-corrected chi connectivity index (χ4v) is 3.50. The molecule has 3 aromatic heterocycles. The van der Waals surface area contributed by atoms with E-state index in [2.05, 4.69) is 43.9 Å². The maximum atomic E-state index is 5.43. The summed E-state index contributed by atoms with van der Waals surface area (Å²) in [5, 5.41) is 13.8. The van der Waals surface area contributed by atoms with Crippen molar-refractivity contribution < 1.29 is 0 Å². The Morgan fingerprint density at radius 2 is 2.30 bits per heavy atom. The summed E-state index contributed by atoms with van der Waals surface area (Å²) >= 11 is 3.03. The van der Waals surface area contributed by atoms with E-state index >= 15 is 0 Å². The molecule has 0 amide bonds. The standard InChI is InChI=1S/C10H12N8S2/c1-3-5-4-6-7(19-5)12-9(14-11)13-8(6)20-10-15-16-17-18(10)2/h4H,3,11H2,1-2H3,(H,12,13,14). The van der Waals surface area contributed by atoms with Crippen LogP contribution in [0, 0.1) is 0 Å². The van der Waals surface area contributed by atoms with Gasteiger partial charge in [0.2, 0.25) is 11.1 Å². The summed E-state index contributed by atoms with van der Waals surface area (Å²) in [4.78, 5) is 10.9. The van der Waals surface area contributed by atoms with Crippen molar-refractivity contribution in [2.24, 2.45) is 12.9 Å². The van der Waals surface area contributed by atoms with Crippen LogP contribution in [0.5, 0.6) is 0 Å². The average Bonchev–Trinajstić information content (AvgIpc) is 3.05. The number of fused-ring (bicyclic) bond motifs is 1. The summed E-state index contributed by atoms with van der Waals surface area (Å²) in [5.74, 6) is 5.82. The van der Waals surface area contributed by atoms with Crippen LogP contribution in [0.1, 0.15) is 11.8 Å². The molecule has 0 saturated heterocycles. The Kier molecular flexibility index (Phi) is 3.51. The third-order valence-electron chi connectivity index (χ3n) is 2.66. The van der Waals surface area contributed by atoms with Crippen molar-refractivity contribution >= 4 is 39.3 Å². The van der Waals surface area contributed by atoms with Gasteiger partial charge < -0.3 is 0 Å². The average molecular weight is 308 g/mol. The van der Waals surface area contributed by atoms with Crippen molar-refractivity contribution in [1.82, 2.24) is 30.2 Å². The summed E-state index contributed by atoms with van der Waals surface area (Å²) in [7, 11) is 1.79. The van der Waals surface area contributed by atoms with Crippen LogP contribution in [0.2, 0.25) is 0 Å². The first-order chi connectivity index (χ1) is 9.71. The lowest BCUT2D eigenvalue weighted by molar-refractivity contribution is 0.664. The summed E-state index contributed by atoms with van der Waals surface area (Å²) in [6, 6.07) is 2.10. The number of thiophene rings is 1. The van der Waals surface area contributed by atoms with Gasteiger partial charge in [0.05, 0.1) is 0 Å². The second-order valence-electron chi connectivity index (χ2n) is 3.97. The van der Waals surface area contributed by atoms with Gasteiger partial charge in [-0.05, 0) is 34.7 Å². The minimum Gasteiger partial charge on any atom is -0.292 e. The number of aryl methyl sites for hydroxylation is 2. The smallest absolute Gasteiger partial charge is 0.239 e. The number of aromatic nitrogens is 6. The monoisotopic (exact) mass is 308 g/mol. The van der Waals surface area contributed by atoms with Gasteiger partial charge in [0.25, 0.3) is 0 Å². The molecule has 3 aromatic rings. The number of nitrogens with zero attached hydrogens (tertiary/aromatic N) is 6. The number of anilines is 1. The SMILES string of the molecule is CCc1cc2c(Sc3nnnn3C)nc(NN)nc2s1. The van der Waals surface area contributed by atoms with E-state index in [4.69, 9.17) is 5.84 Å². The van der Waals surface area contributed by atoms with E-state index in [1.54, 1.807) is 23.1 Å². The molecule has 0 spiro atoms. The van der Waals surface area contributed by atoms with Crippen molar-refractivity contribution in [2.75, 3.05) is 5.43 Å². The second kappa shape index (κ2) is 5.31. The van der Waals surface area contributed by atoms with Crippen LogP contribution >= 0.6 is 23.1 Å². The fourth-order valence-electron chi connectivity index (χ4n) is 1.66. The van der Waals surface area contributed by atoms with Gasteiger partial charge in [-0.1, -0.05) is 6.92 Å². The zero-order valence-electron chi connectivity index (χ0n) is 10.9. The van der Waals surface area contributed by atoms with Crippen molar-refractivity contribution in [3.8, 4) is 0 Å². The minimum absolute atomic E-state index is 0.389. The number of nitrogen functional groups attached to an aromatic ring is 1. The van der Waals surface area contributed by atoms with Gasteiger partial charge in [0.1, 0.15) is 9.86 Å². The molecule has 0 aliphatic heterocycles. The van der Waals surface area contributed by atoms with Crippen LogP contribution in [0.25, 0.3) is 10.2 Å². The van der Waals surface area contributed by atoms with Crippen molar-refractivity contribution in [3.63, 3.8) is 0 Å². The molecule has 3 N–H and O–H groups in total. The van der Waals surface area contributed by atoms with E-state index in [0.717, 1.165) is 21.7 Å². The highest BCUT2D eigenvalue weighted by Crippen LogP contribution is 2.34. The van der Waals surface area contributed by atoms with Crippen LogP contribution in [-0.4, -0.2) is 30.2 Å². The molecular formula is C10H12N8S2. The molecule has 0 saturated carbocycles. The highest BCUT2D eigenvalue weighted by molar-refractivity contribution is 7.99. The normalized spacial score (nSPS) is 11.2. The highest BCUT2D eigenvalue weighted by atomic mass is 32.2. The van der Waals surface area contributed by atoms with Crippen LogP contribution in [0.4, 0.5) is 5.95 Å². The molecule has 0 fully saturated rings. The van der Waals surface area contributed by atoms with Gasteiger partial charge in [-0.25, -0.2) is 20.5 Å². The summed E-state index contributed by atoms with van der Waals surface area (Å²) in [6.07, 6.45) is 0.960. The minimum atomic E-state index is 0.389. The summed E-state index contributed by atoms with van der Waals surface area (Å²) in [5.41, 5.74) is 2.49. The van der Waals surface area contributed by atoms with Crippen molar-refractivity contribution in [3.05, 3.63) is 10.9 Å². The van der Waals surface area contributed by atoms with Gasteiger partial charge in [-0.3, -0.25) is 5.43 Å². The highest BCUT2D eigenvalue weighted by Gasteiger charge is 2.14. The number of nitrogens with one attached hydrogen (secondary N) is 1. The Bertz CT molecular complexity index is 749. The Hall–Kier alpha value is -1.78. The van der Waals surface area contributed by atoms with E-state index in [9.17, 15) is 0 Å². The van der Waals surface area contributed by atoms with E-state index in [1.165, 1.54) is 16.6 Å². The third-order valence-corrected chi connectivity index (χ3v) is 4.86. The fraction of sp³-hybridized carbons (Fsp3) is 0.300. The van der Waals surface area contributed by atoms with E-state index in [-0.39, 0.29) is 0 Å². The van der Waals surface area contributed by atoms with E-state index < -0.39 is 0 Å². The first-order valence-corrected chi connectivity index (χ1v) is 7.52. The van der Waals surface area contributed by atoms with Crippen molar-refractivity contribution in [1.29, 1.82) is 0 Å².